The number of para-hydroxylation sites is 1. The molecule has 1 aliphatic heterocycles. The topological polar surface area (TPSA) is 9.23 Å². The molecule has 6 rings (SSSR count). The molecule has 0 radical (unpaired) electrons. The smallest absolute Gasteiger partial charge is 0.139 e. The largest absolute Gasteiger partial charge is 0.455 e. The molecule has 5 aromatic rings. The molecule has 0 atom stereocenters. The molecule has 0 N–H and O–H groups in total. The Morgan fingerprint density at radius 2 is 1.07 bits per heavy atom. The lowest BCUT2D eigenvalue weighted by atomic mass is 10.0. The van der Waals surface area contributed by atoms with Crippen LogP contribution in [-0.2, 0) is 6.42 Å². The second-order valence-electron chi connectivity index (χ2n) is 9.56. The minimum Gasteiger partial charge on any atom is -0.455 e. The van der Waals surface area contributed by atoms with Crippen LogP contribution in [0, 0.1) is 0 Å². The highest BCUT2D eigenvalue weighted by Crippen LogP contribution is 2.49. The van der Waals surface area contributed by atoms with E-state index in [0.717, 1.165) is 28.8 Å². The van der Waals surface area contributed by atoms with Crippen LogP contribution in [0.25, 0.3) is 0 Å². The van der Waals surface area contributed by atoms with Crippen molar-refractivity contribution >= 4 is 42.4 Å². The normalized spacial score (nSPS) is 12.7. The standard InChI is InChI=1S/C37H30OP2/c1-3-29-27-30-17-16-26-35(40(33-22-12-6-13-23-33)34-24-14-7-15-25-34)37(30)38-36(29)28(2)39(31-18-8-4-9-19-31)32-20-10-5-11-21-32/h3-26H,1-2,27H2. The van der Waals surface area contributed by atoms with Crippen LogP contribution in [-0.4, -0.2) is 0 Å². The SMILES string of the molecule is C=CC1=C(C(=C)P(c2ccccc2)c2ccccc2)Oc2c(cccc2P(c2ccccc2)c2ccccc2)C1. The molecule has 1 heterocycles. The third-order valence-electron chi connectivity index (χ3n) is 7.03. The molecular weight excluding hydrogens is 522 g/mol. The fourth-order valence-corrected chi connectivity index (χ4v) is 9.84. The number of rotatable bonds is 8. The third kappa shape index (κ3) is 5.24. The number of benzene rings is 5. The van der Waals surface area contributed by atoms with Crippen molar-refractivity contribution in [1.82, 2.24) is 0 Å². The summed E-state index contributed by atoms with van der Waals surface area (Å²) >= 11 is 0. The van der Waals surface area contributed by atoms with Crippen LogP contribution in [0.4, 0.5) is 0 Å². The van der Waals surface area contributed by atoms with Gasteiger partial charge in [-0.05, 0) is 48.2 Å². The Balaban J connectivity index is 1.47. The van der Waals surface area contributed by atoms with Gasteiger partial charge in [0.2, 0.25) is 0 Å². The molecule has 1 aliphatic rings. The molecular formula is C37H30OP2. The van der Waals surface area contributed by atoms with E-state index in [9.17, 15) is 0 Å². The van der Waals surface area contributed by atoms with E-state index in [4.69, 9.17) is 11.3 Å². The van der Waals surface area contributed by atoms with E-state index in [-0.39, 0.29) is 0 Å². The van der Waals surface area contributed by atoms with E-state index >= 15 is 0 Å². The molecule has 1 nitrogen and oxygen atoms in total. The summed E-state index contributed by atoms with van der Waals surface area (Å²) in [5.74, 6) is 1.81. The van der Waals surface area contributed by atoms with E-state index < -0.39 is 15.8 Å². The number of allylic oxidation sites excluding steroid dienone is 3. The number of fused-ring (bicyclic) bond motifs is 1. The minimum absolute atomic E-state index is 0.764. The summed E-state index contributed by atoms with van der Waals surface area (Å²) in [7, 11) is -1.71. The predicted molar refractivity (Wildman–Crippen MR) is 175 cm³/mol. The minimum atomic E-state index is -0.889. The van der Waals surface area contributed by atoms with Crippen molar-refractivity contribution in [2.45, 2.75) is 6.42 Å². The van der Waals surface area contributed by atoms with Crippen LogP contribution in [0.5, 0.6) is 5.75 Å². The van der Waals surface area contributed by atoms with Crippen molar-refractivity contribution in [1.29, 1.82) is 0 Å². The molecule has 0 saturated carbocycles. The first-order valence-corrected chi connectivity index (χ1v) is 16.1. The van der Waals surface area contributed by atoms with Gasteiger partial charge in [0.05, 0.1) is 0 Å². The van der Waals surface area contributed by atoms with Gasteiger partial charge in [-0.25, -0.2) is 0 Å². The molecule has 0 aliphatic carbocycles. The maximum Gasteiger partial charge on any atom is 0.139 e. The summed E-state index contributed by atoms with van der Waals surface area (Å²) in [6.45, 7) is 8.88. The second kappa shape index (κ2) is 12.0. The lowest BCUT2D eigenvalue weighted by molar-refractivity contribution is 0.424. The quantitative estimate of drug-likeness (QED) is 0.182. The molecule has 0 saturated heterocycles. The van der Waals surface area contributed by atoms with Gasteiger partial charge in [0.25, 0.3) is 0 Å². The van der Waals surface area contributed by atoms with Crippen molar-refractivity contribution in [3.8, 4) is 5.75 Å². The molecule has 0 aromatic heterocycles. The average molecular weight is 553 g/mol. The van der Waals surface area contributed by atoms with Gasteiger partial charge in [0, 0.05) is 17.0 Å². The molecule has 0 bridgehead atoms. The molecule has 3 heteroatoms. The molecule has 0 fully saturated rings. The molecule has 40 heavy (non-hydrogen) atoms. The van der Waals surface area contributed by atoms with Crippen LogP contribution >= 0.6 is 15.8 Å². The summed E-state index contributed by atoms with van der Waals surface area (Å²) in [6.07, 6.45) is 2.71. The van der Waals surface area contributed by atoms with E-state index in [1.165, 1.54) is 32.1 Å². The Bertz CT molecular complexity index is 1580. The van der Waals surface area contributed by atoms with Gasteiger partial charge in [-0.15, -0.1) is 0 Å². The number of hydrogen-bond donors (Lipinski definition) is 0. The first-order valence-electron chi connectivity index (χ1n) is 13.4. The first-order chi connectivity index (χ1) is 19.7. The molecule has 0 amide bonds. The van der Waals surface area contributed by atoms with Crippen LogP contribution < -0.4 is 31.3 Å². The van der Waals surface area contributed by atoms with Crippen LogP contribution in [0.3, 0.4) is 0 Å². The van der Waals surface area contributed by atoms with E-state index in [0.29, 0.717) is 0 Å². The zero-order chi connectivity index (χ0) is 27.3. The Morgan fingerprint density at radius 1 is 0.600 bits per heavy atom. The Kier molecular flexibility index (Phi) is 7.87. The molecule has 194 valence electrons. The van der Waals surface area contributed by atoms with Crippen molar-refractivity contribution in [3.63, 3.8) is 0 Å². The van der Waals surface area contributed by atoms with Crippen molar-refractivity contribution in [3.05, 3.63) is 181 Å². The highest BCUT2D eigenvalue weighted by atomic mass is 31.1. The third-order valence-corrected chi connectivity index (χ3v) is 11.9. The fraction of sp³-hybridized carbons (Fsp3) is 0.0270. The number of hydrogen-bond acceptors (Lipinski definition) is 1. The maximum atomic E-state index is 7.02. The zero-order valence-electron chi connectivity index (χ0n) is 22.3. The van der Waals surface area contributed by atoms with Gasteiger partial charge < -0.3 is 4.74 Å². The fourth-order valence-electron chi connectivity index (χ4n) is 5.16. The van der Waals surface area contributed by atoms with E-state index in [1.54, 1.807) is 0 Å². The van der Waals surface area contributed by atoms with Crippen LogP contribution in [0.2, 0.25) is 0 Å². The zero-order valence-corrected chi connectivity index (χ0v) is 24.1. The molecule has 0 spiro atoms. The van der Waals surface area contributed by atoms with Crippen LogP contribution in [0.1, 0.15) is 5.56 Å². The van der Waals surface area contributed by atoms with Crippen LogP contribution in [0.15, 0.2) is 175 Å². The van der Waals surface area contributed by atoms with E-state index in [1.807, 2.05) is 6.08 Å². The van der Waals surface area contributed by atoms with E-state index in [2.05, 4.69) is 146 Å². The Morgan fingerprint density at radius 3 is 1.55 bits per heavy atom. The molecule has 5 aromatic carbocycles. The highest BCUT2D eigenvalue weighted by molar-refractivity contribution is 7.80. The highest BCUT2D eigenvalue weighted by Gasteiger charge is 2.30. The Hall–Kier alpha value is -4.02. The maximum absolute atomic E-state index is 7.02. The van der Waals surface area contributed by atoms with Gasteiger partial charge in [0.1, 0.15) is 11.5 Å². The molecule has 0 unspecified atom stereocenters. The van der Waals surface area contributed by atoms with Crippen molar-refractivity contribution in [2.24, 2.45) is 0 Å². The van der Waals surface area contributed by atoms with Gasteiger partial charge in [0.15, 0.2) is 0 Å². The van der Waals surface area contributed by atoms with Gasteiger partial charge in [-0.1, -0.05) is 159 Å². The van der Waals surface area contributed by atoms with Gasteiger partial charge in [-0.3, -0.25) is 0 Å². The number of ether oxygens (including phenoxy) is 1. The van der Waals surface area contributed by atoms with Gasteiger partial charge >= 0.3 is 0 Å². The summed E-state index contributed by atoms with van der Waals surface area (Å²) in [5.41, 5.74) is 2.27. The summed E-state index contributed by atoms with van der Waals surface area (Å²) in [4.78, 5) is 0. The summed E-state index contributed by atoms with van der Waals surface area (Å²) in [5, 5.41) is 7.34. The predicted octanol–water partition coefficient (Wildman–Crippen LogP) is 7.47. The van der Waals surface area contributed by atoms with Gasteiger partial charge in [-0.2, -0.15) is 0 Å². The second-order valence-corrected chi connectivity index (χ2v) is 14.0. The first kappa shape index (κ1) is 26.2. The average Bonchev–Trinajstić information content (AvgIpc) is 3.03. The monoisotopic (exact) mass is 552 g/mol. The lowest BCUT2D eigenvalue weighted by Crippen LogP contribution is -2.25. The lowest BCUT2D eigenvalue weighted by Gasteiger charge is -2.31. The Labute approximate surface area is 239 Å². The summed E-state index contributed by atoms with van der Waals surface area (Å²) in [6, 6.07) is 49.5. The summed E-state index contributed by atoms with van der Waals surface area (Å²) < 4.78 is 7.02. The van der Waals surface area contributed by atoms with Crippen molar-refractivity contribution in [2.75, 3.05) is 0 Å². The van der Waals surface area contributed by atoms with Crippen molar-refractivity contribution < 1.29 is 4.74 Å².